The van der Waals surface area contributed by atoms with Gasteiger partial charge in [-0.3, -0.25) is 14.9 Å². The van der Waals surface area contributed by atoms with E-state index < -0.39 is 0 Å². The molecule has 112 valence electrons. The van der Waals surface area contributed by atoms with Crippen molar-refractivity contribution in [1.29, 1.82) is 0 Å². The summed E-state index contributed by atoms with van der Waals surface area (Å²) >= 11 is 1.85. The SMILES string of the molecule is Cc1ccsc1CN1CCOCC1CCc1cnccn1. The van der Waals surface area contributed by atoms with Gasteiger partial charge in [-0.1, -0.05) is 0 Å². The summed E-state index contributed by atoms with van der Waals surface area (Å²) in [6, 6.07) is 2.68. The van der Waals surface area contributed by atoms with Gasteiger partial charge in [0.15, 0.2) is 0 Å². The molecule has 0 N–H and O–H groups in total. The van der Waals surface area contributed by atoms with Crippen LogP contribution in [0, 0.1) is 6.92 Å². The van der Waals surface area contributed by atoms with Crippen molar-refractivity contribution in [3.63, 3.8) is 0 Å². The Morgan fingerprint density at radius 3 is 3.14 bits per heavy atom. The van der Waals surface area contributed by atoms with Crippen molar-refractivity contribution >= 4 is 11.3 Å². The number of morpholine rings is 1. The molecule has 0 aromatic carbocycles. The van der Waals surface area contributed by atoms with Crippen LogP contribution in [0.2, 0.25) is 0 Å². The highest BCUT2D eigenvalue weighted by atomic mass is 32.1. The molecule has 1 atom stereocenters. The van der Waals surface area contributed by atoms with E-state index in [1.54, 1.807) is 12.4 Å². The van der Waals surface area contributed by atoms with Gasteiger partial charge in [0.1, 0.15) is 0 Å². The number of ether oxygens (including phenoxy) is 1. The lowest BCUT2D eigenvalue weighted by atomic mass is 10.1. The summed E-state index contributed by atoms with van der Waals surface area (Å²) in [6.07, 6.45) is 7.38. The zero-order valence-corrected chi connectivity index (χ0v) is 13.2. The van der Waals surface area contributed by atoms with Crippen LogP contribution in [-0.4, -0.2) is 40.7 Å². The molecular weight excluding hydrogens is 282 g/mol. The van der Waals surface area contributed by atoms with E-state index in [-0.39, 0.29) is 0 Å². The molecule has 1 saturated heterocycles. The molecule has 1 aliphatic heterocycles. The summed E-state index contributed by atoms with van der Waals surface area (Å²) in [6.45, 7) is 5.91. The second-order valence-corrected chi connectivity index (χ2v) is 6.46. The first-order valence-corrected chi connectivity index (χ1v) is 8.30. The number of hydrogen-bond acceptors (Lipinski definition) is 5. The van der Waals surface area contributed by atoms with E-state index in [1.165, 1.54) is 10.4 Å². The van der Waals surface area contributed by atoms with E-state index in [0.29, 0.717) is 6.04 Å². The molecule has 3 rings (SSSR count). The normalized spacial score (nSPS) is 19.8. The second-order valence-electron chi connectivity index (χ2n) is 5.46. The van der Waals surface area contributed by atoms with Crippen LogP contribution in [0.4, 0.5) is 0 Å². The molecule has 4 nitrogen and oxygen atoms in total. The Balaban J connectivity index is 1.60. The molecule has 21 heavy (non-hydrogen) atoms. The minimum Gasteiger partial charge on any atom is -0.378 e. The van der Waals surface area contributed by atoms with Gasteiger partial charge < -0.3 is 4.74 Å². The fourth-order valence-corrected chi connectivity index (χ4v) is 3.62. The molecular formula is C16H21N3OS. The summed E-state index contributed by atoms with van der Waals surface area (Å²) in [7, 11) is 0. The van der Waals surface area contributed by atoms with E-state index in [0.717, 1.165) is 44.8 Å². The van der Waals surface area contributed by atoms with Crippen LogP contribution in [0.25, 0.3) is 0 Å². The zero-order chi connectivity index (χ0) is 14.5. The lowest BCUT2D eigenvalue weighted by Crippen LogP contribution is -2.45. The van der Waals surface area contributed by atoms with Crippen LogP contribution < -0.4 is 0 Å². The third kappa shape index (κ3) is 3.87. The molecule has 0 spiro atoms. The summed E-state index contributed by atoms with van der Waals surface area (Å²) < 4.78 is 5.68. The van der Waals surface area contributed by atoms with Gasteiger partial charge in [-0.25, -0.2) is 0 Å². The van der Waals surface area contributed by atoms with Gasteiger partial charge >= 0.3 is 0 Å². The predicted molar refractivity (Wildman–Crippen MR) is 84.4 cm³/mol. The second kappa shape index (κ2) is 7.11. The summed E-state index contributed by atoms with van der Waals surface area (Å²) in [5.41, 5.74) is 2.47. The molecule has 1 unspecified atom stereocenters. The van der Waals surface area contributed by atoms with E-state index >= 15 is 0 Å². The molecule has 1 fully saturated rings. The van der Waals surface area contributed by atoms with Crippen LogP contribution in [0.3, 0.4) is 0 Å². The van der Waals surface area contributed by atoms with Crippen molar-refractivity contribution < 1.29 is 4.74 Å². The van der Waals surface area contributed by atoms with Crippen LogP contribution in [0.5, 0.6) is 0 Å². The first-order chi connectivity index (χ1) is 10.3. The Morgan fingerprint density at radius 1 is 1.43 bits per heavy atom. The Morgan fingerprint density at radius 2 is 2.38 bits per heavy atom. The smallest absolute Gasteiger partial charge is 0.0622 e. The van der Waals surface area contributed by atoms with Gasteiger partial charge in [0.05, 0.1) is 18.9 Å². The van der Waals surface area contributed by atoms with Gasteiger partial charge in [0.25, 0.3) is 0 Å². The van der Waals surface area contributed by atoms with E-state index in [2.05, 4.69) is 33.2 Å². The molecule has 2 aromatic heterocycles. The van der Waals surface area contributed by atoms with E-state index in [4.69, 9.17) is 4.74 Å². The monoisotopic (exact) mass is 303 g/mol. The predicted octanol–water partition coefficient (Wildman–Crippen LogP) is 2.68. The number of thiophene rings is 1. The van der Waals surface area contributed by atoms with Crippen molar-refractivity contribution in [3.05, 3.63) is 46.2 Å². The quantitative estimate of drug-likeness (QED) is 0.851. The highest BCUT2D eigenvalue weighted by Gasteiger charge is 2.23. The minimum absolute atomic E-state index is 0.474. The molecule has 5 heteroatoms. The highest BCUT2D eigenvalue weighted by molar-refractivity contribution is 7.10. The first-order valence-electron chi connectivity index (χ1n) is 7.42. The molecule has 0 saturated carbocycles. The number of rotatable bonds is 5. The van der Waals surface area contributed by atoms with Crippen molar-refractivity contribution in [2.24, 2.45) is 0 Å². The Kier molecular flexibility index (Phi) is 4.95. The third-order valence-electron chi connectivity index (χ3n) is 4.01. The molecule has 0 radical (unpaired) electrons. The Hall–Kier alpha value is -1.30. The van der Waals surface area contributed by atoms with Gasteiger partial charge in [-0.15, -0.1) is 11.3 Å². The van der Waals surface area contributed by atoms with Crippen LogP contribution in [0.1, 0.15) is 22.6 Å². The van der Waals surface area contributed by atoms with Gasteiger partial charge in [-0.05, 0) is 36.8 Å². The molecule has 2 aromatic rings. The third-order valence-corrected chi connectivity index (χ3v) is 5.02. The maximum Gasteiger partial charge on any atom is 0.0622 e. The van der Waals surface area contributed by atoms with Gasteiger partial charge in [-0.2, -0.15) is 0 Å². The summed E-state index contributed by atoms with van der Waals surface area (Å²) in [5, 5.41) is 2.18. The van der Waals surface area contributed by atoms with Crippen LogP contribution in [-0.2, 0) is 17.7 Å². The maximum absolute atomic E-state index is 5.68. The maximum atomic E-state index is 5.68. The Bertz CT molecular complexity index is 558. The largest absolute Gasteiger partial charge is 0.378 e. The lowest BCUT2D eigenvalue weighted by Gasteiger charge is -2.35. The molecule has 0 aliphatic carbocycles. The topological polar surface area (TPSA) is 38.2 Å². The van der Waals surface area contributed by atoms with Crippen molar-refractivity contribution in [1.82, 2.24) is 14.9 Å². The van der Waals surface area contributed by atoms with Gasteiger partial charge in [0, 0.05) is 42.6 Å². The average molecular weight is 303 g/mol. The number of hydrogen-bond donors (Lipinski definition) is 0. The molecule has 3 heterocycles. The van der Waals surface area contributed by atoms with Crippen LogP contribution in [0.15, 0.2) is 30.0 Å². The highest BCUT2D eigenvalue weighted by Crippen LogP contribution is 2.22. The van der Waals surface area contributed by atoms with E-state index in [9.17, 15) is 0 Å². The standard InChI is InChI=1S/C16H21N3OS/c1-13-4-9-21-16(13)11-19-7-8-20-12-15(19)3-2-14-10-17-5-6-18-14/h4-6,9-10,15H,2-3,7-8,11-12H2,1H3. The van der Waals surface area contributed by atoms with E-state index in [1.807, 2.05) is 17.5 Å². The summed E-state index contributed by atoms with van der Waals surface area (Å²) in [5.74, 6) is 0. The minimum atomic E-state index is 0.474. The molecule has 0 amide bonds. The number of aryl methyl sites for hydroxylation is 2. The van der Waals surface area contributed by atoms with Crippen molar-refractivity contribution in [2.75, 3.05) is 19.8 Å². The van der Waals surface area contributed by atoms with Crippen molar-refractivity contribution in [2.45, 2.75) is 32.4 Å². The molecule has 1 aliphatic rings. The van der Waals surface area contributed by atoms with Crippen LogP contribution >= 0.6 is 11.3 Å². The number of aromatic nitrogens is 2. The lowest BCUT2D eigenvalue weighted by molar-refractivity contribution is -0.0140. The fourth-order valence-electron chi connectivity index (χ4n) is 2.69. The first kappa shape index (κ1) is 14.6. The molecule has 0 bridgehead atoms. The average Bonchev–Trinajstić information content (AvgIpc) is 2.93. The Labute approximate surface area is 129 Å². The van der Waals surface area contributed by atoms with Gasteiger partial charge in [0.2, 0.25) is 0 Å². The zero-order valence-electron chi connectivity index (χ0n) is 12.4. The number of nitrogens with zero attached hydrogens (tertiary/aromatic N) is 3. The summed E-state index contributed by atoms with van der Waals surface area (Å²) in [4.78, 5) is 12.5. The van der Waals surface area contributed by atoms with Crippen molar-refractivity contribution in [3.8, 4) is 0 Å². The fraction of sp³-hybridized carbons (Fsp3) is 0.500.